The molecule has 2 atom stereocenters. The second kappa shape index (κ2) is 7.94. The number of nitrogens with zero attached hydrogens (tertiary/aromatic N) is 2. The summed E-state index contributed by atoms with van der Waals surface area (Å²) < 4.78 is 0. The van der Waals surface area contributed by atoms with Crippen LogP contribution in [0.4, 0.5) is 5.69 Å². The maximum atomic E-state index is 10.7. The highest BCUT2D eigenvalue weighted by Crippen LogP contribution is 2.28. The summed E-state index contributed by atoms with van der Waals surface area (Å²) in [5.41, 5.74) is 6.83. The van der Waals surface area contributed by atoms with Crippen molar-refractivity contribution in [1.29, 1.82) is 0 Å². The Morgan fingerprint density at radius 3 is 2.81 bits per heavy atom. The highest BCUT2D eigenvalue weighted by molar-refractivity contribution is 6.31. The number of nitro groups is 1. The molecule has 1 aliphatic heterocycles. The second-order valence-electron chi connectivity index (χ2n) is 5.43. The fraction of sp³-hybridized carbons (Fsp3) is 0.571. The van der Waals surface area contributed by atoms with E-state index in [-0.39, 0.29) is 18.1 Å². The van der Waals surface area contributed by atoms with Gasteiger partial charge in [-0.15, -0.1) is 12.4 Å². The first kappa shape index (κ1) is 18.2. The van der Waals surface area contributed by atoms with Crippen LogP contribution in [0, 0.1) is 16.0 Å². The Balaban J connectivity index is 0.00000220. The van der Waals surface area contributed by atoms with Gasteiger partial charge in [-0.25, -0.2) is 0 Å². The summed E-state index contributed by atoms with van der Waals surface area (Å²) in [7, 11) is 0. The second-order valence-corrected chi connectivity index (χ2v) is 5.83. The number of likely N-dealkylation sites (tertiary alicyclic amines) is 1. The number of nitro benzene ring substituents is 1. The first-order chi connectivity index (χ1) is 9.52. The molecule has 1 heterocycles. The number of benzene rings is 1. The monoisotopic (exact) mass is 333 g/mol. The molecule has 2 N–H and O–H groups in total. The van der Waals surface area contributed by atoms with E-state index in [4.69, 9.17) is 17.3 Å². The van der Waals surface area contributed by atoms with Crippen molar-refractivity contribution in [3.8, 4) is 0 Å². The fourth-order valence-electron chi connectivity index (χ4n) is 2.91. The van der Waals surface area contributed by atoms with E-state index in [1.807, 2.05) is 0 Å². The van der Waals surface area contributed by atoms with Gasteiger partial charge in [0.05, 0.1) is 9.95 Å². The van der Waals surface area contributed by atoms with Crippen molar-refractivity contribution < 1.29 is 4.92 Å². The van der Waals surface area contributed by atoms with Crippen LogP contribution in [-0.2, 0) is 6.54 Å². The number of piperidine rings is 1. The molecule has 2 unspecified atom stereocenters. The van der Waals surface area contributed by atoms with E-state index in [1.165, 1.54) is 18.6 Å². The lowest BCUT2D eigenvalue weighted by Gasteiger charge is -2.39. The van der Waals surface area contributed by atoms with E-state index in [9.17, 15) is 10.1 Å². The Hall–Kier alpha value is -0.880. The van der Waals surface area contributed by atoms with Crippen LogP contribution in [0.2, 0.25) is 5.02 Å². The Morgan fingerprint density at radius 1 is 1.52 bits per heavy atom. The lowest BCUT2D eigenvalue weighted by Crippen LogP contribution is -2.48. The molecule has 7 heteroatoms. The standard InChI is InChI=1S/C14H20ClN3O2.ClH/c1-10-3-2-6-17(14(10)8-16)9-11-4-5-12(18(19)20)7-13(11)15;/h4-5,7,10,14H,2-3,6,8-9,16H2,1H3;1H. The lowest BCUT2D eigenvalue weighted by molar-refractivity contribution is -0.384. The smallest absolute Gasteiger partial charge is 0.270 e. The summed E-state index contributed by atoms with van der Waals surface area (Å²) in [6.07, 6.45) is 2.36. The first-order valence-electron chi connectivity index (χ1n) is 6.90. The minimum Gasteiger partial charge on any atom is -0.329 e. The number of hydrogen-bond acceptors (Lipinski definition) is 4. The molecule has 0 radical (unpaired) electrons. The van der Waals surface area contributed by atoms with Crippen molar-refractivity contribution >= 4 is 29.7 Å². The SMILES string of the molecule is CC1CCCN(Cc2ccc([N+](=O)[O-])cc2Cl)C1CN.Cl. The molecule has 0 aromatic heterocycles. The van der Waals surface area contributed by atoms with Crippen LogP contribution < -0.4 is 5.73 Å². The Kier molecular flexibility index (Phi) is 6.87. The lowest BCUT2D eigenvalue weighted by atomic mass is 9.90. The van der Waals surface area contributed by atoms with Crippen molar-refractivity contribution in [2.24, 2.45) is 11.7 Å². The molecule has 0 spiro atoms. The van der Waals surface area contributed by atoms with Gasteiger partial charge in [-0.1, -0.05) is 18.5 Å². The van der Waals surface area contributed by atoms with Gasteiger partial charge in [0.25, 0.3) is 5.69 Å². The Bertz CT molecular complexity index is 499. The molecular formula is C14H21Cl2N3O2. The van der Waals surface area contributed by atoms with Gasteiger partial charge in [0.1, 0.15) is 0 Å². The average molecular weight is 334 g/mol. The average Bonchev–Trinajstić information content (AvgIpc) is 2.41. The molecule has 1 fully saturated rings. The predicted octanol–water partition coefficient (Wildman–Crippen LogP) is 3.23. The molecule has 0 aliphatic carbocycles. The van der Waals surface area contributed by atoms with E-state index in [1.54, 1.807) is 6.07 Å². The fourth-order valence-corrected chi connectivity index (χ4v) is 3.14. The predicted molar refractivity (Wildman–Crippen MR) is 87.0 cm³/mol. The highest BCUT2D eigenvalue weighted by atomic mass is 35.5. The molecule has 21 heavy (non-hydrogen) atoms. The Morgan fingerprint density at radius 2 is 2.24 bits per heavy atom. The van der Waals surface area contributed by atoms with Crippen LogP contribution >= 0.6 is 24.0 Å². The van der Waals surface area contributed by atoms with Crippen molar-refractivity contribution in [2.45, 2.75) is 32.4 Å². The third kappa shape index (κ3) is 4.30. The number of nitrogens with two attached hydrogens (primary N) is 1. The zero-order chi connectivity index (χ0) is 14.7. The van der Waals surface area contributed by atoms with Crippen LogP contribution in [0.15, 0.2) is 18.2 Å². The molecule has 1 aromatic carbocycles. The zero-order valence-corrected chi connectivity index (χ0v) is 13.6. The normalized spacial score (nSPS) is 22.6. The number of halogens is 2. The van der Waals surface area contributed by atoms with E-state index < -0.39 is 4.92 Å². The maximum Gasteiger partial charge on any atom is 0.270 e. The molecule has 0 bridgehead atoms. The summed E-state index contributed by atoms with van der Waals surface area (Å²) in [6.45, 7) is 4.55. The van der Waals surface area contributed by atoms with Gasteiger partial charge in [0.15, 0.2) is 0 Å². The quantitative estimate of drug-likeness (QED) is 0.678. The third-order valence-corrected chi connectivity index (χ3v) is 4.44. The van der Waals surface area contributed by atoms with Crippen LogP contribution in [0.3, 0.4) is 0 Å². The molecule has 0 amide bonds. The molecule has 1 saturated heterocycles. The zero-order valence-electron chi connectivity index (χ0n) is 12.0. The van der Waals surface area contributed by atoms with Crippen molar-refractivity contribution in [2.75, 3.05) is 13.1 Å². The van der Waals surface area contributed by atoms with E-state index >= 15 is 0 Å². The topological polar surface area (TPSA) is 72.4 Å². The van der Waals surface area contributed by atoms with Gasteiger partial charge in [-0.05, 0) is 36.9 Å². The van der Waals surface area contributed by atoms with Crippen LogP contribution in [0.1, 0.15) is 25.3 Å². The Labute approximate surface area is 136 Å². The molecule has 5 nitrogen and oxygen atoms in total. The van der Waals surface area contributed by atoms with Crippen molar-refractivity contribution in [3.05, 3.63) is 38.9 Å². The highest BCUT2D eigenvalue weighted by Gasteiger charge is 2.27. The minimum atomic E-state index is -0.429. The summed E-state index contributed by atoms with van der Waals surface area (Å²) >= 11 is 6.16. The molecule has 1 aliphatic rings. The molecule has 118 valence electrons. The third-order valence-electron chi connectivity index (χ3n) is 4.09. The summed E-state index contributed by atoms with van der Waals surface area (Å²) in [4.78, 5) is 12.6. The van der Waals surface area contributed by atoms with Gasteiger partial charge in [-0.2, -0.15) is 0 Å². The van der Waals surface area contributed by atoms with Crippen LogP contribution in [0.5, 0.6) is 0 Å². The number of non-ortho nitro benzene ring substituents is 1. The molecule has 1 aromatic rings. The summed E-state index contributed by atoms with van der Waals surface area (Å²) in [5.74, 6) is 0.575. The number of rotatable bonds is 4. The van der Waals surface area contributed by atoms with Gasteiger partial charge in [-0.3, -0.25) is 15.0 Å². The minimum absolute atomic E-state index is 0. The van der Waals surface area contributed by atoms with Gasteiger partial charge >= 0.3 is 0 Å². The van der Waals surface area contributed by atoms with Gasteiger partial charge in [0.2, 0.25) is 0 Å². The summed E-state index contributed by atoms with van der Waals surface area (Å²) in [6, 6.07) is 5.02. The van der Waals surface area contributed by atoms with Gasteiger partial charge in [0, 0.05) is 31.3 Å². The van der Waals surface area contributed by atoms with Crippen LogP contribution in [-0.4, -0.2) is 29.0 Å². The summed E-state index contributed by atoms with van der Waals surface area (Å²) in [5, 5.41) is 11.2. The van der Waals surface area contributed by atoms with Crippen molar-refractivity contribution in [1.82, 2.24) is 4.90 Å². The van der Waals surface area contributed by atoms with Gasteiger partial charge < -0.3 is 5.73 Å². The number of hydrogen-bond donors (Lipinski definition) is 1. The van der Waals surface area contributed by atoms with E-state index in [0.29, 0.717) is 30.1 Å². The van der Waals surface area contributed by atoms with E-state index in [2.05, 4.69) is 11.8 Å². The molecule has 2 rings (SSSR count). The first-order valence-corrected chi connectivity index (χ1v) is 7.27. The molecule has 0 saturated carbocycles. The van der Waals surface area contributed by atoms with Crippen molar-refractivity contribution in [3.63, 3.8) is 0 Å². The largest absolute Gasteiger partial charge is 0.329 e. The molecular weight excluding hydrogens is 313 g/mol. The van der Waals surface area contributed by atoms with Crippen LogP contribution in [0.25, 0.3) is 0 Å². The van der Waals surface area contributed by atoms with E-state index in [0.717, 1.165) is 18.5 Å². The maximum absolute atomic E-state index is 10.7.